The summed E-state index contributed by atoms with van der Waals surface area (Å²) in [5.41, 5.74) is 2.92. The number of benzene rings is 1. The number of fused-ring (bicyclic) bond motifs is 1. The first kappa shape index (κ1) is 25.1. The van der Waals surface area contributed by atoms with Crippen molar-refractivity contribution >= 4 is 32.4 Å². The van der Waals surface area contributed by atoms with Crippen LogP contribution in [0.3, 0.4) is 0 Å². The highest BCUT2D eigenvalue weighted by Gasteiger charge is 2.24. The predicted octanol–water partition coefficient (Wildman–Crippen LogP) is 3.16. The Balaban J connectivity index is 1.53. The first-order valence-corrected chi connectivity index (χ1v) is 13.6. The van der Waals surface area contributed by atoms with Crippen molar-refractivity contribution in [3.8, 4) is 5.75 Å². The molecule has 0 radical (unpaired) electrons. The van der Waals surface area contributed by atoms with E-state index in [0.717, 1.165) is 40.3 Å². The molecule has 0 unspecified atom stereocenters. The van der Waals surface area contributed by atoms with Crippen LogP contribution in [0.2, 0.25) is 0 Å². The Kier molecular flexibility index (Phi) is 7.14. The molecule has 2 aromatic heterocycles. The topological polar surface area (TPSA) is 101 Å². The minimum Gasteiger partial charge on any atom is -0.496 e. The molecular formula is C25H34N6O3S. The summed E-state index contributed by atoms with van der Waals surface area (Å²) in [5.74, 6) is 2.21. The number of sulfonamides is 1. The molecule has 4 rings (SSSR count). The van der Waals surface area contributed by atoms with Crippen LogP contribution in [-0.4, -0.2) is 73.8 Å². The quantitative estimate of drug-likeness (QED) is 0.530. The maximum atomic E-state index is 11.8. The van der Waals surface area contributed by atoms with Crippen LogP contribution in [0.1, 0.15) is 32.2 Å². The molecule has 10 heteroatoms. The van der Waals surface area contributed by atoms with Gasteiger partial charge in [-0.05, 0) is 17.5 Å². The van der Waals surface area contributed by atoms with Gasteiger partial charge in [-0.25, -0.2) is 23.4 Å². The lowest BCUT2D eigenvalue weighted by Gasteiger charge is -2.35. The van der Waals surface area contributed by atoms with E-state index in [1.165, 1.54) is 10.6 Å². The number of piperazine rings is 1. The molecule has 1 aliphatic heterocycles. The Morgan fingerprint density at radius 1 is 1.09 bits per heavy atom. The van der Waals surface area contributed by atoms with Crippen molar-refractivity contribution in [3.05, 3.63) is 48.0 Å². The van der Waals surface area contributed by atoms with Crippen LogP contribution < -0.4 is 15.0 Å². The average molecular weight is 499 g/mol. The number of methoxy groups -OCH3 is 1. The van der Waals surface area contributed by atoms with Gasteiger partial charge in [0.2, 0.25) is 10.0 Å². The highest BCUT2D eigenvalue weighted by Crippen LogP contribution is 2.29. The summed E-state index contributed by atoms with van der Waals surface area (Å²) in [6, 6.07) is 8.00. The van der Waals surface area contributed by atoms with E-state index in [0.29, 0.717) is 38.4 Å². The Morgan fingerprint density at radius 3 is 2.49 bits per heavy atom. The SMILES string of the molecule is COc1cc(N2CCN(S(C)(=O)=O)CC2)ccc1Cc1ncc2ccnc(NCC(C)(C)C)c2n1. The molecular weight excluding hydrogens is 464 g/mol. The van der Waals surface area contributed by atoms with E-state index < -0.39 is 10.0 Å². The van der Waals surface area contributed by atoms with Crippen molar-refractivity contribution in [3.63, 3.8) is 0 Å². The first-order chi connectivity index (χ1) is 16.5. The van der Waals surface area contributed by atoms with E-state index in [1.807, 2.05) is 30.5 Å². The lowest BCUT2D eigenvalue weighted by Crippen LogP contribution is -2.48. The second-order valence-corrected chi connectivity index (χ2v) is 12.1. The third-order valence-electron chi connectivity index (χ3n) is 6.03. The summed E-state index contributed by atoms with van der Waals surface area (Å²) < 4.78 is 30.8. The van der Waals surface area contributed by atoms with Gasteiger partial charge >= 0.3 is 0 Å². The van der Waals surface area contributed by atoms with Gasteiger partial charge in [-0.2, -0.15) is 4.31 Å². The lowest BCUT2D eigenvalue weighted by atomic mass is 9.97. The predicted molar refractivity (Wildman–Crippen MR) is 140 cm³/mol. The van der Waals surface area contributed by atoms with Crippen molar-refractivity contribution in [2.24, 2.45) is 5.41 Å². The standard InChI is InChI=1S/C25H34N6O3S/c1-25(2,3)17-28-24-23-19(8-9-26-24)16-27-22(29-23)14-18-6-7-20(15-21(18)34-4)30-10-12-31(13-11-30)35(5,32)33/h6-9,15-16H,10-14,17H2,1-5H3,(H,26,28). The van der Waals surface area contributed by atoms with E-state index in [9.17, 15) is 8.42 Å². The van der Waals surface area contributed by atoms with E-state index in [1.54, 1.807) is 13.3 Å². The van der Waals surface area contributed by atoms with Gasteiger partial charge in [0, 0.05) is 74.2 Å². The van der Waals surface area contributed by atoms with Gasteiger partial charge in [-0.15, -0.1) is 0 Å². The van der Waals surface area contributed by atoms with E-state index in [2.05, 4.69) is 41.0 Å². The molecule has 3 heterocycles. The van der Waals surface area contributed by atoms with Crippen LogP contribution in [0.15, 0.2) is 36.7 Å². The molecule has 188 valence electrons. The summed E-state index contributed by atoms with van der Waals surface area (Å²) >= 11 is 0. The van der Waals surface area contributed by atoms with E-state index >= 15 is 0 Å². The maximum absolute atomic E-state index is 11.8. The molecule has 35 heavy (non-hydrogen) atoms. The molecule has 3 aromatic rings. The number of nitrogens with one attached hydrogen (secondary N) is 1. The van der Waals surface area contributed by atoms with Gasteiger partial charge in [0.15, 0.2) is 5.82 Å². The van der Waals surface area contributed by atoms with Gasteiger partial charge < -0.3 is 15.0 Å². The monoisotopic (exact) mass is 498 g/mol. The summed E-state index contributed by atoms with van der Waals surface area (Å²) in [7, 11) is -1.50. The third kappa shape index (κ3) is 6.18. The van der Waals surface area contributed by atoms with Crippen LogP contribution in [0.5, 0.6) is 5.75 Å². The van der Waals surface area contributed by atoms with Crippen molar-refractivity contribution in [2.75, 3.05) is 56.3 Å². The molecule has 0 amide bonds. The fraction of sp³-hybridized carbons (Fsp3) is 0.480. The highest BCUT2D eigenvalue weighted by molar-refractivity contribution is 7.88. The largest absolute Gasteiger partial charge is 0.496 e. The van der Waals surface area contributed by atoms with Crippen LogP contribution in [0, 0.1) is 5.41 Å². The Hall–Kier alpha value is -2.98. The molecule has 9 nitrogen and oxygen atoms in total. The number of ether oxygens (including phenoxy) is 1. The summed E-state index contributed by atoms with van der Waals surface area (Å²) in [5, 5.41) is 4.37. The second-order valence-electron chi connectivity index (χ2n) is 10.1. The zero-order valence-corrected chi connectivity index (χ0v) is 21.9. The number of hydrogen-bond acceptors (Lipinski definition) is 8. The smallest absolute Gasteiger partial charge is 0.211 e. The summed E-state index contributed by atoms with van der Waals surface area (Å²) in [6.07, 6.45) is 5.39. The molecule has 0 bridgehead atoms. The number of hydrogen-bond donors (Lipinski definition) is 1. The minimum atomic E-state index is -3.16. The lowest BCUT2D eigenvalue weighted by molar-refractivity contribution is 0.387. The van der Waals surface area contributed by atoms with Gasteiger partial charge in [0.25, 0.3) is 0 Å². The van der Waals surface area contributed by atoms with Crippen molar-refractivity contribution in [2.45, 2.75) is 27.2 Å². The van der Waals surface area contributed by atoms with Gasteiger partial charge in [0.05, 0.1) is 13.4 Å². The molecule has 1 N–H and O–H groups in total. The molecule has 0 aliphatic carbocycles. The number of nitrogens with zero attached hydrogens (tertiary/aromatic N) is 5. The Labute approximate surface area is 207 Å². The molecule has 0 spiro atoms. The van der Waals surface area contributed by atoms with Gasteiger partial charge in [-0.1, -0.05) is 26.8 Å². The van der Waals surface area contributed by atoms with Crippen molar-refractivity contribution in [1.82, 2.24) is 19.3 Å². The second kappa shape index (κ2) is 9.94. The van der Waals surface area contributed by atoms with Crippen LogP contribution in [0.25, 0.3) is 10.9 Å². The third-order valence-corrected chi connectivity index (χ3v) is 7.33. The number of anilines is 2. The average Bonchev–Trinajstić information content (AvgIpc) is 2.82. The molecule has 1 aliphatic rings. The molecule has 1 saturated heterocycles. The van der Waals surface area contributed by atoms with Gasteiger partial charge in [0.1, 0.15) is 17.1 Å². The van der Waals surface area contributed by atoms with Crippen molar-refractivity contribution < 1.29 is 13.2 Å². The molecule has 0 atom stereocenters. The van der Waals surface area contributed by atoms with Crippen LogP contribution >= 0.6 is 0 Å². The van der Waals surface area contributed by atoms with Crippen LogP contribution in [-0.2, 0) is 16.4 Å². The van der Waals surface area contributed by atoms with Crippen LogP contribution in [0.4, 0.5) is 11.5 Å². The van der Waals surface area contributed by atoms with Crippen molar-refractivity contribution in [1.29, 1.82) is 0 Å². The number of rotatable bonds is 7. The Morgan fingerprint density at radius 2 is 1.83 bits per heavy atom. The fourth-order valence-electron chi connectivity index (χ4n) is 4.08. The summed E-state index contributed by atoms with van der Waals surface area (Å²) in [6.45, 7) is 9.54. The normalized spacial score (nSPS) is 15.4. The summed E-state index contributed by atoms with van der Waals surface area (Å²) in [4.78, 5) is 16.1. The zero-order chi connectivity index (χ0) is 25.2. The van der Waals surface area contributed by atoms with E-state index in [-0.39, 0.29) is 5.41 Å². The zero-order valence-electron chi connectivity index (χ0n) is 21.1. The Bertz CT molecular complexity index is 1300. The molecule has 0 saturated carbocycles. The fourth-order valence-corrected chi connectivity index (χ4v) is 4.91. The van der Waals surface area contributed by atoms with Gasteiger partial charge in [-0.3, -0.25) is 0 Å². The number of pyridine rings is 1. The minimum absolute atomic E-state index is 0.117. The number of aromatic nitrogens is 3. The molecule has 1 fully saturated rings. The van der Waals surface area contributed by atoms with E-state index in [4.69, 9.17) is 9.72 Å². The maximum Gasteiger partial charge on any atom is 0.211 e. The first-order valence-electron chi connectivity index (χ1n) is 11.7. The highest BCUT2D eigenvalue weighted by atomic mass is 32.2. The molecule has 1 aromatic carbocycles.